The van der Waals surface area contributed by atoms with E-state index >= 15 is 0 Å². The van der Waals surface area contributed by atoms with Crippen LogP contribution in [0.5, 0.6) is 0 Å². The van der Waals surface area contributed by atoms with Gasteiger partial charge in [0, 0.05) is 0 Å². The van der Waals surface area contributed by atoms with Crippen molar-refractivity contribution in [3.05, 3.63) is 41.1 Å². The molecule has 0 spiro atoms. The van der Waals surface area contributed by atoms with Crippen LogP contribution in [-0.4, -0.2) is 28.1 Å². The van der Waals surface area contributed by atoms with Crippen LogP contribution >= 0.6 is 0 Å². The predicted molar refractivity (Wildman–Crippen MR) is 80.0 cm³/mol. The Morgan fingerprint density at radius 2 is 1.90 bits per heavy atom. The summed E-state index contributed by atoms with van der Waals surface area (Å²) in [5, 5.41) is 7.64. The van der Waals surface area contributed by atoms with Crippen LogP contribution in [-0.2, 0) is 16.7 Å². The van der Waals surface area contributed by atoms with Gasteiger partial charge in [0.05, 0.1) is 13.7 Å². The first-order chi connectivity index (χ1) is 9.82. The number of nitrogens with zero attached hydrogens (tertiary/aromatic N) is 3. The monoisotopic (exact) mass is 288 g/mol. The maximum Gasteiger partial charge on any atom is 0.362 e. The fourth-order valence-corrected chi connectivity index (χ4v) is 1.96. The van der Waals surface area contributed by atoms with Gasteiger partial charge in [0.15, 0.2) is 5.82 Å². The summed E-state index contributed by atoms with van der Waals surface area (Å²) >= 11 is 0. The van der Waals surface area contributed by atoms with E-state index in [4.69, 9.17) is 5.73 Å². The average Bonchev–Trinajstić information content (AvgIpc) is 2.79. The number of esters is 1. The predicted octanol–water partition coefficient (Wildman–Crippen LogP) is 1.99. The van der Waals surface area contributed by atoms with Crippen molar-refractivity contribution in [2.75, 3.05) is 12.8 Å². The first-order valence-corrected chi connectivity index (χ1v) is 6.69. The van der Waals surface area contributed by atoms with E-state index in [1.54, 1.807) is 0 Å². The Kier molecular flexibility index (Phi) is 3.97. The molecule has 6 nitrogen and oxygen atoms in total. The van der Waals surface area contributed by atoms with E-state index in [9.17, 15) is 4.79 Å². The molecule has 21 heavy (non-hydrogen) atoms. The van der Waals surface area contributed by atoms with Gasteiger partial charge < -0.3 is 10.5 Å². The van der Waals surface area contributed by atoms with Gasteiger partial charge >= 0.3 is 5.97 Å². The zero-order valence-corrected chi connectivity index (χ0v) is 12.8. The number of hydrogen-bond donors (Lipinski definition) is 1. The van der Waals surface area contributed by atoms with Gasteiger partial charge in [0.1, 0.15) is 0 Å². The summed E-state index contributed by atoms with van der Waals surface area (Å²) in [5.74, 6) is -0.372. The molecular weight excluding hydrogens is 268 g/mol. The number of ether oxygens (including phenoxy) is 1. The third kappa shape index (κ3) is 3.21. The molecule has 0 amide bonds. The molecule has 1 aromatic heterocycles. The van der Waals surface area contributed by atoms with E-state index < -0.39 is 5.97 Å². The van der Waals surface area contributed by atoms with Gasteiger partial charge in [-0.15, -0.1) is 5.10 Å². The largest absolute Gasteiger partial charge is 0.464 e. The first kappa shape index (κ1) is 15.0. The number of aromatic nitrogens is 3. The van der Waals surface area contributed by atoms with Crippen molar-refractivity contribution in [3.63, 3.8) is 0 Å². The minimum atomic E-state index is -0.582. The summed E-state index contributed by atoms with van der Waals surface area (Å²) in [5.41, 5.74) is 8.32. The van der Waals surface area contributed by atoms with Crippen LogP contribution in [0.3, 0.4) is 0 Å². The van der Waals surface area contributed by atoms with E-state index in [-0.39, 0.29) is 16.9 Å². The van der Waals surface area contributed by atoms with E-state index in [1.807, 2.05) is 12.1 Å². The summed E-state index contributed by atoms with van der Waals surface area (Å²) in [6, 6.07) is 8.23. The van der Waals surface area contributed by atoms with E-state index in [0.29, 0.717) is 6.54 Å². The molecule has 0 atom stereocenters. The van der Waals surface area contributed by atoms with Gasteiger partial charge in [-0.3, -0.25) is 0 Å². The number of nitrogens with two attached hydrogens (primary N) is 1. The Morgan fingerprint density at radius 1 is 1.29 bits per heavy atom. The lowest BCUT2D eigenvalue weighted by atomic mass is 9.87. The van der Waals surface area contributed by atoms with Gasteiger partial charge in [0.25, 0.3) is 0 Å². The highest BCUT2D eigenvalue weighted by atomic mass is 16.5. The topological polar surface area (TPSA) is 83.0 Å². The zero-order valence-electron chi connectivity index (χ0n) is 12.8. The van der Waals surface area contributed by atoms with Crippen LogP contribution in [0, 0.1) is 0 Å². The van der Waals surface area contributed by atoms with Crippen molar-refractivity contribution in [1.29, 1.82) is 0 Å². The number of rotatable bonds is 3. The molecular formula is C15H20N4O2. The minimum absolute atomic E-state index is 0.0452. The third-order valence-electron chi connectivity index (χ3n) is 3.30. The molecule has 1 aromatic carbocycles. The Balaban J connectivity index is 2.19. The van der Waals surface area contributed by atoms with E-state index in [1.165, 1.54) is 17.4 Å². The van der Waals surface area contributed by atoms with Gasteiger partial charge in [-0.05, 0) is 16.5 Å². The Labute approximate surface area is 123 Å². The Bertz CT molecular complexity index is 639. The molecule has 2 N–H and O–H groups in total. The van der Waals surface area contributed by atoms with Gasteiger partial charge in [0.2, 0.25) is 5.69 Å². The fourth-order valence-electron chi connectivity index (χ4n) is 1.96. The maximum absolute atomic E-state index is 11.4. The number of carbonyl (C=O) groups excluding carboxylic acids is 1. The van der Waals surface area contributed by atoms with Gasteiger partial charge in [-0.25, -0.2) is 9.48 Å². The SMILES string of the molecule is COC(=O)c1nnn(Cc2ccc(C(C)(C)C)cc2)c1N. The van der Waals surface area contributed by atoms with Crippen molar-refractivity contribution < 1.29 is 9.53 Å². The fraction of sp³-hybridized carbons (Fsp3) is 0.400. The van der Waals surface area contributed by atoms with Crippen LogP contribution in [0.2, 0.25) is 0 Å². The van der Waals surface area contributed by atoms with Crippen LogP contribution in [0.15, 0.2) is 24.3 Å². The van der Waals surface area contributed by atoms with Crippen molar-refractivity contribution in [1.82, 2.24) is 15.0 Å². The van der Waals surface area contributed by atoms with E-state index in [2.05, 4.69) is 48.0 Å². The standard InChI is InChI=1S/C15H20N4O2/c1-15(2,3)11-7-5-10(6-8-11)9-19-13(16)12(17-18-19)14(20)21-4/h5-8H,9,16H2,1-4H3. The molecule has 112 valence electrons. The summed E-state index contributed by atoms with van der Waals surface area (Å²) < 4.78 is 6.08. The average molecular weight is 288 g/mol. The Hall–Kier alpha value is -2.37. The lowest BCUT2D eigenvalue weighted by Gasteiger charge is -2.19. The molecule has 1 heterocycles. The van der Waals surface area contributed by atoms with Crippen molar-refractivity contribution in [2.45, 2.75) is 32.7 Å². The molecule has 0 radical (unpaired) electrons. The molecule has 0 saturated carbocycles. The highest BCUT2D eigenvalue weighted by Gasteiger charge is 2.18. The van der Waals surface area contributed by atoms with Crippen LogP contribution in [0.25, 0.3) is 0 Å². The molecule has 0 saturated heterocycles. The van der Waals surface area contributed by atoms with Gasteiger partial charge in [-0.1, -0.05) is 50.3 Å². The molecule has 2 aromatic rings. The quantitative estimate of drug-likeness (QED) is 0.873. The van der Waals surface area contributed by atoms with Gasteiger partial charge in [-0.2, -0.15) is 0 Å². The van der Waals surface area contributed by atoms with Crippen LogP contribution < -0.4 is 5.73 Å². The molecule has 0 fully saturated rings. The Morgan fingerprint density at radius 3 is 2.43 bits per heavy atom. The van der Waals surface area contributed by atoms with Crippen LogP contribution in [0.4, 0.5) is 5.82 Å². The number of nitrogen functional groups attached to an aromatic ring is 1. The number of anilines is 1. The second kappa shape index (κ2) is 5.55. The first-order valence-electron chi connectivity index (χ1n) is 6.69. The lowest BCUT2D eigenvalue weighted by Crippen LogP contribution is -2.12. The highest BCUT2D eigenvalue weighted by molar-refractivity contribution is 5.91. The number of benzene rings is 1. The van der Waals surface area contributed by atoms with Crippen molar-refractivity contribution in [2.24, 2.45) is 0 Å². The molecule has 0 aliphatic heterocycles. The molecule has 0 aliphatic carbocycles. The minimum Gasteiger partial charge on any atom is -0.464 e. The smallest absolute Gasteiger partial charge is 0.362 e. The molecule has 6 heteroatoms. The number of carbonyl (C=O) groups is 1. The summed E-state index contributed by atoms with van der Waals surface area (Å²) in [6.45, 7) is 6.96. The summed E-state index contributed by atoms with van der Waals surface area (Å²) in [6.07, 6.45) is 0. The third-order valence-corrected chi connectivity index (χ3v) is 3.30. The normalized spacial score (nSPS) is 11.4. The molecule has 2 rings (SSSR count). The number of hydrogen-bond acceptors (Lipinski definition) is 5. The van der Waals surface area contributed by atoms with Crippen molar-refractivity contribution in [3.8, 4) is 0 Å². The molecule has 0 unspecified atom stereocenters. The highest BCUT2D eigenvalue weighted by Crippen LogP contribution is 2.22. The second-order valence-corrected chi connectivity index (χ2v) is 5.92. The van der Waals surface area contributed by atoms with E-state index in [0.717, 1.165) is 5.56 Å². The number of methoxy groups -OCH3 is 1. The maximum atomic E-state index is 11.4. The second-order valence-electron chi connectivity index (χ2n) is 5.92. The lowest BCUT2D eigenvalue weighted by molar-refractivity contribution is 0.0595. The molecule has 0 aliphatic rings. The zero-order chi connectivity index (χ0) is 15.6. The van der Waals surface area contributed by atoms with Crippen molar-refractivity contribution >= 4 is 11.8 Å². The summed E-state index contributed by atoms with van der Waals surface area (Å²) in [7, 11) is 1.28. The molecule has 0 bridgehead atoms. The summed E-state index contributed by atoms with van der Waals surface area (Å²) in [4.78, 5) is 11.4. The van der Waals surface area contributed by atoms with Crippen LogP contribution in [0.1, 0.15) is 42.4 Å².